The Hall–Kier alpha value is -4.26. The molecule has 0 aliphatic heterocycles. The molecule has 7 nitrogen and oxygen atoms in total. The van der Waals surface area contributed by atoms with Crippen LogP contribution in [0.3, 0.4) is 0 Å². The number of fused-ring (bicyclic) bond motifs is 1. The summed E-state index contributed by atoms with van der Waals surface area (Å²) < 4.78 is 3.59. The molecule has 2 aromatic carbocycles. The van der Waals surface area contributed by atoms with Gasteiger partial charge in [0.2, 0.25) is 0 Å². The number of aryl methyl sites for hydroxylation is 4. The Labute approximate surface area is 204 Å². The van der Waals surface area contributed by atoms with E-state index in [1.807, 2.05) is 111 Å². The maximum atomic E-state index is 14.3. The highest BCUT2D eigenvalue weighted by Gasteiger charge is 2.26. The third-order valence-electron chi connectivity index (χ3n) is 6.46. The third-order valence-corrected chi connectivity index (χ3v) is 6.46. The van der Waals surface area contributed by atoms with Crippen molar-refractivity contribution in [2.75, 3.05) is 4.90 Å². The minimum absolute atomic E-state index is 0.0935. The molecule has 176 valence electrons. The van der Waals surface area contributed by atoms with E-state index in [2.05, 4.69) is 10.2 Å². The minimum Gasteiger partial charge on any atom is -0.304 e. The number of carbonyl (C=O) groups is 1. The molecule has 5 aromatic rings. The zero-order chi connectivity index (χ0) is 24.7. The van der Waals surface area contributed by atoms with Crippen molar-refractivity contribution in [3.63, 3.8) is 0 Å². The van der Waals surface area contributed by atoms with Gasteiger partial charge in [0.05, 0.1) is 34.6 Å². The molecule has 7 heteroatoms. The second-order valence-electron chi connectivity index (χ2n) is 8.84. The van der Waals surface area contributed by atoms with Crippen LogP contribution in [0.4, 0.5) is 5.69 Å². The molecule has 3 aromatic heterocycles. The fourth-order valence-electron chi connectivity index (χ4n) is 4.69. The summed E-state index contributed by atoms with van der Waals surface area (Å²) in [5.41, 5.74) is 7.46. The minimum atomic E-state index is -0.0935. The second kappa shape index (κ2) is 8.83. The van der Waals surface area contributed by atoms with E-state index in [-0.39, 0.29) is 5.91 Å². The van der Waals surface area contributed by atoms with Crippen LogP contribution in [0.25, 0.3) is 22.3 Å². The highest BCUT2D eigenvalue weighted by atomic mass is 16.2. The normalized spacial score (nSPS) is 11.2. The molecule has 0 radical (unpaired) electrons. The number of pyridine rings is 1. The van der Waals surface area contributed by atoms with Gasteiger partial charge in [0.25, 0.3) is 5.91 Å². The van der Waals surface area contributed by atoms with Crippen LogP contribution in [0.2, 0.25) is 0 Å². The van der Waals surface area contributed by atoms with Crippen molar-refractivity contribution in [1.82, 2.24) is 24.5 Å². The first-order chi connectivity index (χ1) is 16.8. The Balaban J connectivity index is 1.72. The molecule has 0 N–H and O–H groups in total. The van der Waals surface area contributed by atoms with Crippen molar-refractivity contribution in [3.8, 4) is 11.3 Å². The number of benzene rings is 2. The van der Waals surface area contributed by atoms with E-state index in [1.165, 1.54) is 0 Å². The van der Waals surface area contributed by atoms with E-state index in [0.717, 1.165) is 45.0 Å². The summed E-state index contributed by atoms with van der Waals surface area (Å²) in [7, 11) is 3.78. The van der Waals surface area contributed by atoms with Crippen molar-refractivity contribution >= 4 is 22.6 Å². The lowest BCUT2D eigenvalue weighted by atomic mass is 10.0. The number of nitrogens with zero attached hydrogens (tertiary/aromatic N) is 6. The zero-order valence-electron chi connectivity index (χ0n) is 20.6. The summed E-state index contributed by atoms with van der Waals surface area (Å²) in [6, 6.07) is 21.7. The first-order valence-electron chi connectivity index (χ1n) is 11.6. The van der Waals surface area contributed by atoms with E-state index >= 15 is 0 Å². The van der Waals surface area contributed by atoms with Gasteiger partial charge in [0, 0.05) is 31.0 Å². The lowest BCUT2D eigenvalue weighted by Gasteiger charge is -2.24. The molecule has 1 amide bonds. The Morgan fingerprint density at radius 1 is 0.857 bits per heavy atom. The van der Waals surface area contributed by atoms with Crippen molar-refractivity contribution in [1.29, 1.82) is 0 Å². The van der Waals surface area contributed by atoms with E-state index in [4.69, 9.17) is 4.98 Å². The lowest BCUT2D eigenvalue weighted by molar-refractivity contribution is 0.0986. The molecule has 0 fully saturated rings. The van der Waals surface area contributed by atoms with Crippen molar-refractivity contribution in [2.24, 2.45) is 14.1 Å². The first-order valence-corrected chi connectivity index (χ1v) is 11.6. The van der Waals surface area contributed by atoms with Crippen molar-refractivity contribution in [3.05, 3.63) is 94.9 Å². The highest BCUT2D eigenvalue weighted by molar-refractivity contribution is 6.14. The molecular weight excluding hydrogens is 436 g/mol. The number of para-hydroxylation sites is 1. The molecule has 0 unspecified atom stereocenters. The van der Waals surface area contributed by atoms with Crippen LogP contribution < -0.4 is 4.90 Å². The highest BCUT2D eigenvalue weighted by Crippen LogP contribution is 2.32. The lowest BCUT2D eigenvalue weighted by Crippen LogP contribution is -2.30. The summed E-state index contributed by atoms with van der Waals surface area (Å²) in [6.07, 6.45) is 0. The van der Waals surface area contributed by atoms with Gasteiger partial charge in [-0.25, -0.2) is 4.98 Å². The maximum Gasteiger partial charge on any atom is 0.259 e. The summed E-state index contributed by atoms with van der Waals surface area (Å²) in [4.78, 5) is 21.1. The predicted molar refractivity (Wildman–Crippen MR) is 138 cm³/mol. The fraction of sp³-hybridized carbons (Fsp3) is 0.214. The number of aromatic nitrogens is 5. The Bertz CT molecular complexity index is 1530. The van der Waals surface area contributed by atoms with Gasteiger partial charge < -0.3 is 4.90 Å². The average molecular weight is 465 g/mol. The Morgan fingerprint density at radius 3 is 2.11 bits per heavy atom. The van der Waals surface area contributed by atoms with Gasteiger partial charge in [0.1, 0.15) is 0 Å². The largest absolute Gasteiger partial charge is 0.304 e. The number of carbonyl (C=O) groups excluding carboxylic acids is 1. The van der Waals surface area contributed by atoms with Crippen LogP contribution in [0.1, 0.15) is 33.0 Å². The molecule has 0 saturated carbocycles. The van der Waals surface area contributed by atoms with Crippen LogP contribution >= 0.6 is 0 Å². The van der Waals surface area contributed by atoms with Gasteiger partial charge in [0.15, 0.2) is 5.65 Å². The quantitative estimate of drug-likeness (QED) is 0.361. The maximum absolute atomic E-state index is 14.3. The number of rotatable bonds is 5. The standard InChI is InChI=1S/C28H28N6O/c1-18-25(20(3)32(4)30-18)24-16-23(26-19(2)31-33(5)27(26)29-24)28(35)34(22-14-10-7-11-15-22)17-21-12-8-6-9-13-21/h6-16H,17H2,1-5H3. The van der Waals surface area contributed by atoms with Gasteiger partial charge >= 0.3 is 0 Å². The summed E-state index contributed by atoms with van der Waals surface area (Å²) in [6.45, 7) is 6.36. The van der Waals surface area contributed by atoms with Crippen molar-refractivity contribution < 1.29 is 4.79 Å². The van der Waals surface area contributed by atoms with Crippen LogP contribution in [-0.4, -0.2) is 30.5 Å². The summed E-state index contributed by atoms with van der Waals surface area (Å²) in [5, 5.41) is 9.94. The van der Waals surface area contributed by atoms with Gasteiger partial charge in [-0.05, 0) is 44.5 Å². The number of hydrogen-bond acceptors (Lipinski definition) is 4. The van der Waals surface area contributed by atoms with E-state index in [1.54, 1.807) is 4.68 Å². The molecule has 35 heavy (non-hydrogen) atoms. The fourth-order valence-corrected chi connectivity index (χ4v) is 4.69. The molecule has 0 aliphatic rings. The Kier molecular flexibility index (Phi) is 5.68. The van der Waals surface area contributed by atoms with Crippen LogP contribution in [0.5, 0.6) is 0 Å². The number of amides is 1. The van der Waals surface area contributed by atoms with Crippen LogP contribution in [-0.2, 0) is 20.6 Å². The number of hydrogen-bond donors (Lipinski definition) is 0. The average Bonchev–Trinajstić information content (AvgIpc) is 3.30. The number of anilines is 1. The van der Waals surface area contributed by atoms with Crippen molar-refractivity contribution in [2.45, 2.75) is 27.3 Å². The van der Waals surface area contributed by atoms with Gasteiger partial charge in [-0.15, -0.1) is 0 Å². The molecule has 3 heterocycles. The van der Waals surface area contributed by atoms with E-state index in [9.17, 15) is 4.79 Å². The smallest absolute Gasteiger partial charge is 0.259 e. The topological polar surface area (TPSA) is 68.8 Å². The summed E-state index contributed by atoms with van der Waals surface area (Å²) in [5.74, 6) is -0.0935. The monoisotopic (exact) mass is 464 g/mol. The third kappa shape index (κ3) is 3.99. The summed E-state index contributed by atoms with van der Waals surface area (Å²) >= 11 is 0. The van der Waals surface area contributed by atoms with Gasteiger partial charge in [-0.1, -0.05) is 48.5 Å². The molecule has 0 saturated heterocycles. The van der Waals surface area contributed by atoms with Gasteiger partial charge in [-0.2, -0.15) is 10.2 Å². The first kappa shape index (κ1) is 22.5. The molecule has 5 rings (SSSR count). The van der Waals surface area contributed by atoms with Gasteiger partial charge in [-0.3, -0.25) is 14.2 Å². The molecule has 0 bridgehead atoms. The zero-order valence-corrected chi connectivity index (χ0v) is 20.6. The molecule has 0 aliphatic carbocycles. The second-order valence-corrected chi connectivity index (χ2v) is 8.84. The molecule has 0 spiro atoms. The SMILES string of the molecule is Cc1nn(C)c(C)c1-c1cc(C(=O)N(Cc2ccccc2)c2ccccc2)c2c(C)nn(C)c2n1. The van der Waals surface area contributed by atoms with Crippen LogP contribution in [0, 0.1) is 20.8 Å². The molecule has 0 atom stereocenters. The Morgan fingerprint density at radius 2 is 1.49 bits per heavy atom. The van der Waals surface area contributed by atoms with E-state index < -0.39 is 0 Å². The van der Waals surface area contributed by atoms with Crippen LogP contribution in [0.15, 0.2) is 66.7 Å². The predicted octanol–water partition coefficient (Wildman–Crippen LogP) is 5.14. The van der Waals surface area contributed by atoms with E-state index in [0.29, 0.717) is 17.8 Å². The molecular formula is C28H28N6O.